The predicted octanol–water partition coefficient (Wildman–Crippen LogP) is 4.47. The monoisotopic (exact) mass is 480 g/mol. The fourth-order valence-corrected chi connectivity index (χ4v) is 3.76. The number of rotatable bonds is 4. The molecule has 3 rings (SSSR count). The molecule has 2 aromatic carbocycles. The number of hydrogen-bond donors (Lipinski definition) is 0. The van der Waals surface area contributed by atoms with Crippen LogP contribution >= 0.6 is 31.9 Å². The number of nitrogens with zero attached hydrogens (tertiary/aromatic N) is 2. The number of hydrogen-bond acceptors (Lipinski definition) is 6. The quantitative estimate of drug-likeness (QED) is 0.278. The molecule has 0 unspecified atom stereocenters. The molecule has 2 aromatic rings. The van der Waals surface area contributed by atoms with Crippen molar-refractivity contribution in [3.63, 3.8) is 0 Å². The summed E-state index contributed by atoms with van der Waals surface area (Å²) >= 11 is 6.77. The van der Waals surface area contributed by atoms with E-state index in [2.05, 4.69) is 36.9 Å². The van der Waals surface area contributed by atoms with Gasteiger partial charge >= 0.3 is 5.97 Å². The minimum atomic E-state index is -0.648. The summed E-state index contributed by atoms with van der Waals surface area (Å²) in [6.07, 6.45) is 1.53. The summed E-state index contributed by atoms with van der Waals surface area (Å²) in [5.74, 6) is -0.102. The van der Waals surface area contributed by atoms with Crippen LogP contribution in [0.4, 0.5) is 5.69 Å². The number of non-ortho nitro benzene ring substituents is 1. The van der Waals surface area contributed by atoms with E-state index >= 15 is 0 Å². The molecule has 1 aliphatic heterocycles. The Hall–Kier alpha value is -2.52. The van der Waals surface area contributed by atoms with E-state index in [1.54, 1.807) is 12.1 Å². The molecule has 0 aromatic heterocycles. The number of ether oxygens (including phenoxy) is 2. The van der Waals surface area contributed by atoms with Crippen molar-refractivity contribution in [1.82, 2.24) is 0 Å². The molecule has 0 aliphatic carbocycles. The Bertz CT molecular complexity index is 985. The molecule has 0 radical (unpaired) electrons. The van der Waals surface area contributed by atoms with Crippen molar-refractivity contribution < 1.29 is 19.2 Å². The lowest BCUT2D eigenvalue weighted by Crippen LogP contribution is -2.05. The van der Waals surface area contributed by atoms with Gasteiger partial charge in [-0.15, -0.1) is 0 Å². The highest BCUT2D eigenvalue weighted by Crippen LogP contribution is 2.34. The molecule has 0 atom stereocenters. The zero-order chi connectivity index (χ0) is 18.8. The maximum atomic E-state index is 12.1. The Morgan fingerprint density at radius 3 is 2.73 bits per heavy atom. The summed E-state index contributed by atoms with van der Waals surface area (Å²) in [6, 6.07) is 9.31. The van der Waals surface area contributed by atoms with Gasteiger partial charge in [0, 0.05) is 27.7 Å². The number of carbonyl (C=O) groups is 1. The molecule has 7 nitrogen and oxygen atoms in total. The summed E-state index contributed by atoms with van der Waals surface area (Å²) in [4.78, 5) is 26.7. The zero-order valence-electron chi connectivity index (χ0n) is 13.2. The van der Waals surface area contributed by atoms with Crippen LogP contribution < -0.4 is 4.74 Å². The van der Waals surface area contributed by atoms with Gasteiger partial charge in [-0.1, -0.05) is 22.0 Å². The van der Waals surface area contributed by atoms with Gasteiger partial charge in [-0.2, -0.15) is 0 Å². The molecule has 0 spiro atoms. The number of nitro groups is 1. The standard InChI is InChI=1S/C17H10Br2N2O5/c1-25-15-10(5-11(18)8-13(15)19)7-14-17(22)26-16(20-14)9-3-2-4-12(6-9)21(23)24/h2-8H,1H3/b14-7-. The van der Waals surface area contributed by atoms with Gasteiger partial charge in [-0.3, -0.25) is 10.1 Å². The minimum Gasteiger partial charge on any atom is -0.495 e. The van der Waals surface area contributed by atoms with Gasteiger partial charge in [-0.05, 0) is 40.2 Å². The third kappa shape index (κ3) is 3.68. The second-order valence-electron chi connectivity index (χ2n) is 5.15. The van der Waals surface area contributed by atoms with Crippen LogP contribution in [-0.4, -0.2) is 23.9 Å². The van der Waals surface area contributed by atoms with E-state index in [0.29, 0.717) is 21.3 Å². The molecule has 1 aliphatic rings. The van der Waals surface area contributed by atoms with Gasteiger partial charge in [0.15, 0.2) is 5.70 Å². The highest BCUT2D eigenvalue weighted by atomic mass is 79.9. The van der Waals surface area contributed by atoms with E-state index < -0.39 is 10.9 Å². The topological polar surface area (TPSA) is 91.0 Å². The van der Waals surface area contributed by atoms with Crippen LogP contribution in [0.15, 0.2) is 56.0 Å². The van der Waals surface area contributed by atoms with Crippen molar-refractivity contribution in [2.75, 3.05) is 7.11 Å². The van der Waals surface area contributed by atoms with Crippen molar-refractivity contribution in [2.45, 2.75) is 0 Å². The minimum absolute atomic E-state index is 0.0120. The zero-order valence-corrected chi connectivity index (χ0v) is 16.4. The second kappa shape index (κ2) is 7.38. The van der Waals surface area contributed by atoms with Crippen molar-refractivity contribution in [3.8, 4) is 5.75 Å². The van der Waals surface area contributed by atoms with Gasteiger partial charge in [0.2, 0.25) is 5.90 Å². The molecule has 26 heavy (non-hydrogen) atoms. The van der Waals surface area contributed by atoms with Gasteiger partial charge < -0.3 is 9.47 Å². The first-order valence-electron chi connectivity index (χ1n) is 7.19. The Balaban J connectivity index is 2.03. The average molecular weight is 482 g/mol. The van der Waals surface area contributed by atoms with E-state index in [9.17, 15) is 14.9 Å². The highest BCUT2D eigenvalue weighted by Gasteiger charge is 2.26. The Labute approximate surface area is 164 Å². The molecule has 0 N–H and O–H groups in total. The number of halogens is 2. The summed E-state index contributed by atoms with van der Waals surface area (Å²) in [5.41, 5.74) is 0.911. The summed E-state index contributed by atoms with van der Waals surface area (Å²) in [5, 5.41) is 10.9. The average Bonchev–Trinajstić information content (AvgIpc) is 2.95. The fraction of sp³-hybridized carbons (Fsp3) is 0.0588. The first-order chi connectivity index (χ1) is 12.4. The Morgan fingerprint density at radius 2 is 2.04 bits per heavy atom. The van der Waals surface area contributed by atoms with Gasteiger partial charge in [0.25, 0.3) is 5.69 Å². The van der Waals surface area contributed by atoms with Crippen LogP contribution in [-0.2, 0) is 9.53 Å². The van der Waals surface area contributed by atoms with Crippen molar-refractivity contribution >= 4 is 55.5 Å². The van der Waals surface area contributed by atoms with E-state index in [1.165, 1.54) is 31.4 Å². The smallest absolute Gasteiger partial charge is 0.363 e. The van der Waals surface area contributed by atoms with Crippen LogP contribution in [0.25, 0.3) is 6.08 Å². The van der Waals surface area contributed by atoms with Gasteiger partial charge in [0.05, 0.1) is 16.5 Å². The summed E-state index contributed by atoms with van der Waals surface area (Å²) in [6.45, 7) is 0. The molecule has 0 saturated heterocycles. The molecular weight excluding hydrogens is 472 g/mol. The number of benzene rings is 2. The number of esters is 1. The number of methoxy groups -OCH3 is 1. The highest BCUT2D eigenvalue weighted by molar-refractivity contribution is 9.11. The number of aliphatic imine (C=N–C) groups is 1. The molecule has 0 saturated carbocycles. The number of cyclic esters (lactones) is 1. The maximum Gasteiger partial charge on any atom is 0.363 e. The lowest BCUT2D eigenvalue weighted by molar-refractivity contribution is -0.384. The van der Waals surface area contributed by atoms with E-state index in [-0.39, 0.29) is 17.3 Å². The Kier molecular flexibility index (Phi) is 5.19. The van der Waals surface area contributed by atoms with E-state index in [1.807, 2.05) is 6.07 Å². The fourth-order valence-electron chi connectivity index (χ4n) is 2.34. The first-order valence-corrected chi connectivity index (χ1v) is 8.78. The van der Waals surface area contributed by atoms with Crippen LogP contribution in [0, 0.1) is 10.1 Å². The third-order valence-corrected chi connectivity index (χ3v) is 4.50. The van der Waals surface area contributed by atoms with Crippen LogP contribution in [0.3, 0.4) is 0 Å². The Morgan fingerprint density at radius 1 is 1.27 bits per heavy atom. The second-order valence-corrected chi connectivity index (χ2v) is 6.92. The van der Waals surface area contributed by atoms with Crippen LogP contribution in [0.2, 0.25) is 0 Å². The summed E-state index contributed by atoms with van der Waals surface area (Å²) in [7, 11) is 1.51. The normalized spacial score (nSPS) is 15.0. The molecule has 132 valence electrons. The van der Waals surface area contributed by atoms with Crippen molar-refractivity contribution in [3.05, 3.63) is 72.3 Å². The first kappa shape index (κ1) is 18.3. The van der Waals surface area contributed by atoms with E-state index in [4.69, 9.17) is 9.47 Å². The van der Waals surface area contributed by atoms with Gasteiger partial charge in [-0.25, -0.2) is 9.79 Å². The van der Waals surface area contributed by atoms with Crippen LogP contribution in [0.5, 0.6) is 5.75 Å². The molecule has 0 amide bonds. The SMILES string of the molecule is COc1c(Br)cc(Br)cc1/C=C1\N=C(c2cccc([N+](=O)[O-])c2)OC1=O. The number of nitro benzene ring substituents is 1. The molecule has 0 fully saturated rings. The van der Waals surface area contributed by atoms with Crippen molar-refractivity contribution in [2.24, 2.45) is 4.99 Å². The van der Waals surface area contributed by atoms with Gasteiger partial charge in [0.1, 0.15) is 5.75 Å². The van der Waals surface area contributed by atoms with Crippen LogP contribution in [0.1, 0.15) is 11.1 Å². The number of carbonyl (C=O) groups excluding carboxylic acids is 1. The largest absolute Gasteiger partial charge is 0.495 e. The lowest BCUT2D eigenvalue weighted by Gasteiger charge is -2.08. The summed E-state index contributed by atoms with van der Waals surface area (Å²) < 4.78 is 12.0. The third-order valence-electron chi connectivity index (χ3n) is 3.46. The molecular formula is C17H10Br2N2O5. The van der Waals surface area contributed by atoms with E-state index in [0.717, 1.165) is 4.47 Å². The lowest BCUT2D eigenvalue weighted by atomic mass is 10.1. The van der Waals surface area contributed by atoms with Crippen molar-refractivity contribution in [1.29, 1.82) is 0 Å². The predicted molar refractivity (Wildman–Crippen MR) is 102 cm³/mol. The molecule has 9 heteroatoms. The molecule has 1 heterocycles. The molecule has 0 bridgehead atoms. The maximum absolute atomic E-state index is 12.1.